The lowest BCUT2D eigenvalue weighted by molar-refractivity contribution is -0.139. The molecule has 5 nitrogen and oxygen atoms in total. The smallest absolute Gasteiger partial charge is 0.317 e. The number of benzene rings is 1. The van der Waals surface area contributed by atoms with Gasteiger partial charge in [-0.1, -0.05) is 43.2 Å². The first-order valence-electron chi connectivity index (χ1n) is 8.71. The van der Waals surface area contributed by atoms with E-state index >= 15 is 0 Å². The van der Waals surface area contributed by atoms with Crippen molar-refractivity contribution in [1.29, 1.82) is 0 Å². The van der Waals surface area contributed by atoms with Gasteiger partial charge in [-0.2, -0.15) is 0 Å². The molecule has 0 radical (unpaired) electrons. The molecule has 1 fully saturated rings. The second kappa shape index (κ2) is 8.29. The molecule has 1 aliphatic carbocycles. The summed E-state index contributed by atoms with van der Waals surface area (Å²) in [7, 11) is 0. The normalized spacial score (nSPS) is 16.5. The summed E-state index contributed by atoms with van der Waals surface area (Å²) in [4.78, 5) is 24.9. The first-order chi connectivity index (χ1) is 11.4. The number of carboxylic acid groups (broad SMARTS) is 1. The van der Waals surface area contributed by atoms with E-state index in [2.05, 4.69) is 17.4 Å². The molecule has 0 aromatic heterocycles. The molecule has 132 valence electrons. The van der Waals surface area contributed by atoms with Crippen molar-refractivity contribution in [2.45, 2.75) is 51.0 Å². The van der Waals surface area contributed by atoms with E-state index in [9.17, 15) is 9.59 Å². The number of rotatable bonds is 8. The molecule has 0 aliphatic heterocycles. The number of hydrogen-bond acceptors (Lipinski definition) is 3. The number of aliphatic carboxylic acids is 1. The predicted molar refractivity (Wildman–Crippen MR) is 93.9 cm³/mol. The monoisotopic (exact) mass is 332 g/mol. The molecule has 0 heterocycles. The molecule has 0 bridgehead atoms. The van der Waals surface area contributed by atoms with Crippen LogP contribution in [-0.4, -0.2) is 47.6 Å². The average molecular weight is 332 g/mol. The maximum absolute atomic E-state index is 12.3. The van der Waals surface area contributed by atoms with Crippen LogP contribution in [0, 0.1) is 0 Å². The van der Waals surface area contributed by atoms with Gasteiger partial charge in [0.2, 0.25) is 5.91 Å². The first kappa shape index (κ1) is 18.5. The highest BCUT2D eigenvalue weighted by Gasteiger charge is 2.35. The van der Waals surface area contributed by atoms with Crippen molar-refractivity contribution < 1.29 is 14.7 Å². The molecule has 0 atom stereocenters. The standard InChI is InChI=1S/C19H28N2O3/c1-15(2)21(13-18(23)24)12-17(22)20-14-19(10-6-7-11-19)16-8-4-3-5-9-16/h3-5,8-9,15H,6-7,10-14H2,1-2H3,(H,20,22)(H,23,24). The van der Waals surface area contributed by atoms with Gasteiger partial charge >= 0.3 is 5.97 Å². The van der Waals surface area contributed by atoms with E-state index in [1.165, 1.54) is 18.4 Å². The number of nitrogens with one attached hydrogen (secondary N) is 1. The Bertz CT molecular complexity index is 551. The summed E-state index contributed by atoms with van der Waals surface area (Å²) in [5.74, 6) is -1.01. The Labute approximate surface area is 144 Å². The third-order valence-corrected chi connectivity index (χ3v) is 4.99. The Balaban J connectivity index is 1.97. The molecule has 1 saturated carbocycles. The molecule has 0 unspecified atom stereocenters. The Morgan fingerprint density at radius 1 is 1.17 bits per heavy atom. The van der Waals surface area contributed by atoms with Gasteiger partial charge in [0.05, 0.1) is 13.1 Å². The topological polar surface area (TPSA) is 69.6 Å². The van der Waals surface area contributed by atoms with E-state index in [0.717, 1.165) is 12.8 Å². The van der Waals surface area contributed by atoms with Crippen molar-refractivity contribution in [3.63, 3.8) is 0 Å². The van der Waals surface area contributed by atoms with Crippen LogP contribution >= 0.6 is 0 Å². The third-order valence-electron chi connectivity index (χ3n) is 4.99. The summed E-state index contributed by atoms with van der Waals surface area (Å²) in [5, 5.41) is 12.0. The fourth-order valence-electron chi connectivity index (χ4n) is 3.51. The van der Waals surface area contributed by atoms with Crippen LogP contribution in [0.15, 0.2) is 30.3 Å². The van der Waals surface area contributed by atoms with E-state index in [-0.39, 0.29) is 30.5 Å². The lowest BCUT2D eigenvalue weighted by atomic mass is 9.79. The quantitative estimate of drug-likeness (QED) is 0.767. The molecule has 5 heteroatoms. The summed E-state index contributed by atoms with van der Waals surface area (Å²) >= 11 is 0. The fraction of sp³-hybridized carbons (Fsp3) is 0.579. The fourth-order valence-corrected chi connectivity index (χ4v) is 3.51. The maximum Gasteiger partial charge on any atom is 0.317 e. The number of hydrogen-bond donors (Lipinski definition) is 2. The Morgan fingerprint density at radius 3 is 2.33 bits per heavy atom. The van der Waals surface area contributed by atoms with Crippen molar-refractivity contribution in [2.24, 2.45) is 0 Å². The largest absolute Gasteiger partial charge is 0.480 e. The second-order valence-electron chi connectivity index (χ2n) is 7.02. The number of carboxylic acids is 1. The second-order valence-corrected chi connectivity index (χ2v) is 7.02. The van der Waals surface area contributed by atoms with Crippen LogP contribution < -0.4 is 5.32 Å². The predicted octanol–water partition coefficient (Wildman–Crippen LogP) is 2.41. The zero-order chi connectivity index (χ0) is 17.6. The molecule has 1 aromatic carbocycles. The van der Waals surface area contributed by atoms with Crippen molar-refractivity contribution in [3.8, 4) is 0 Å². The van der Waals surface area contributed by atoms with Crippen LogP contribution in [0.2, 0.25) is 0 Å². The minimum Gasteiger partial charge on any atom is -0.480 e. The van der Waals surface area contributed by atoms with Crippen molar-refractivity contribution in [1.82, 2.24) is 10.2 Å². The summed E-state index contributed by atoms with van der Waals surface area (Å²) < 4.78 is 0. The molecule has 2 N–H and O–H groups in total. The van der Waals surface area contributed by atoms with Crippen LogP contribution in [0.4, 0.5) is 0 Å². The first-order valence-corrected chi connectivity index (χ1v) is 8.71. The minimum atomic E-state index is -0.909. The van der Waals surface area contributed by atoms with Gasteiger partial charge in [-0.25, -0.2) is 0 Å². The molecule has 1 amide bonds. The maximum atomic E-state index is 12.3. The van der Waals surface area contributed by atoms with E-state index in [0.29, 0.717) is 6.54 Å². The zero-order valence-electron chi connectivity index (χ0n) is 14.6. The van der Waals surface area contributed by atoms with Gasteiger partial charge in [-0.05, 0) is 32.3 Å². The van der Waals surface area contributed by atoms with E-state index in [4.69, 9.17) is 5.11 Å². The highest BCUT2D eigenvalue weighted by molar-refractivity contribution is 5.79. The highest BCUT2D eigenvalue weighted by Crippen LogP contribution is 2.40. The summed E-state index contributed by atoms with van der Waals surface area (Å²) in [6, 6.07) is 10.4. The van der Waals surface area contributed by atoms with Crippen LogP contribution in [-0.2, 0) is 15.0 Å². The van der Waals surface area contributed by atoms with Crippen molar-refractivity contribution in [3.05, 3.63) is 35.9 Å². The van der Waals surface area contributed by atoms with Gasteiger partial charge in [-0.15, -0.1) is 0 Å². The molecular weight excluding hydrogens is 304 g/mol. The summed E-state index contributed by atoms with van der Waals surface area (Å²) in [6.07, 6.45) is 4.53. The Kier molecular flexibility index (Phi) is 6.37. The number of nitrogens with zero attached hydrogens (tertiary/aromatic N) is 1. The Morgan fingerprint density at radius 2 is 1.79 bits per heavy atom. The molecule has 0 spiro atoms. The number of carbonyl (C=O) groups is 2. The van der Waals surface area contributed by atoms with Crippen molar-refractivity contribution in [2.75, 3.05) is 19.6 Å². The molecule has 24 heavy (non-hydrogen) atoms. The SMILES string of the molecule is CC(C)N(CC(=O)O)CC(=O)NCC1(c2ccccc2)CCCC1. The van der Waals surface area contributed by atoms with Gasteiger partial charge in [0.1, 0.15) is 0 Å². The van der Waals surface area contributed by atoms with Crippen molar-refractivity contribution >= 4 is 11.9 Å². The van der Waals surface area contributed by atoms with Gasteiger partial charge in [-0.3, -0.25) is 14.5 Å². The summed E-state index contributed by atoms with van der Waals surface area (Å²) in [6.45, 7) is 4.43. The number of amides is 1. The van der Waals surface area contributed by atoms with E-state index < -0.39 is 5.97 Å². The third kappa shape index (κ3) is 4.81. The molecule has 0 saturated heterocycles. The van der Waals surface area contributed by atoms with Crippen LogP contribution in [0.25, 0.3) is 0 Å². The Hall–Kier alpha value is -1.88. The van der Waals surface area contributed by atoms with Crippen LogP contribution in [0.1, 0.15) is 45.1 Å². The van der Waals surface area contributed by atoms with Crippen LogP contribution in [0.3, 0.4) is 0 Å². The number of carbonyl (C=O) groups excluding carboxylic acids is 1. The molecule has 1 aliphatic rings. The highest BCUT2D eigenvalue weighted by atomic mass is 16.4. The lowest BCUT2D eigenvalue weighted by Gasteiger charge is -2.31. The van der Waals surface area contributed by atoms with Gasteiger partial charge in [0.15, 0.2) is 0 Å². The van der Waals surface area contributed by atoms with Gasteiger partial charge in [0, 0.05) is 18.0 Å². The van der Waals surface area contributed by atoms with E-state index in [1.54, 1.807) is 4.90 Å². The van der Waals surface area contributed by atoms with Crippen LogP contribution in [0.5, 0.6) is 0 Å². The molecule has 2 rings (SSSR count). The molecular formula is C19H28N2O3. The minimum absolute atomic E-state index is 0.0152. The lowest BCUT2D eigenvalue weighted by Crippen LogP contribution is -2.46. The van der Waals surface area contributed by atoms with Gasteiger partial charge < -0.3 is 10.4 Å². The van der Waals surface area contributed by atoms with Gasteiger partial charge in [0.25, 0.3) is 0 Å². The zero-order valence-corrected chi connectivity index (χ0v) is 14.6. The summed E-state index contributed by atoms with van der Waals surface area (Å²) in [5.41, 5.74) is 1.31. The molecule has 1 aromatic rings. The van der Waals surface area contributed by atoms with E-state index in [1.807, 2.05) is 32.0 Å². The average Bonchev–Trinajstić information content (AvgIpc) is 3.03.